The van der Waals surface area contributed by atoms with Gasteiger partial charge in [-0.2, -0.15) is 0 Å². The minimum Gasteiger partial charge on any atom is -0.507 e. The van der Waals surface area contributed by atoms with Gasteiger partial charge in [-0.05, 0) is 45.8 Å². The summed E-state index contributed by atoms with van der Waals surface area (Å²) >= 11 is 0. The maximum Gasteiger partial charge on any atom is 0.166 e. The van der Waals surface area contributed by atoms with Gasteiger partial charge >= 0.3 is 0 Å². The molecule has 0 aromatic heterocycles. The van der Waals surface area contributed by atoms with Gasteiger partial charge in [0.25, 0.3) is 0 Å². The molecule has 4 nitrogen and oxygen atoms in total. The van der Waals surface area contributed by atoms with Gasteiger partial charge in [-0.25, -0.2) is 0 Å². The molecule has 0 aliphatic heterocycles. The molecule has 32 heavy (non-hydrogen) atoms. The third-order valence-corrected chi connectivity index (χ3v) is 5.66. The number of para-hydroxylation sites is 1. The molecule has 4 heteroatoms. The van der Waals surface area contributed by atoms with Crippen LogP contribution in [-0.2, 0) is 0 Å². The Morgan fingerprint density at radius 3 is 2.06 bits per heavy atom. The van der Waals surface area contributed by atoms with Crippen molar-refractivity contribution in [2.45, 2.75) is 0 Å². The first kappa shape index (κ1) is 19.6. The summed E-state index contributed by atoms with van der Waals surface area (Å²) < 4.78 is 5.21. The van der Waals surface area contributed by atoms with Crippen molar-refractivity contribution >= 4 is 33.4 Å². The average molecular weight is 419 g/mol. The second-order valence-corrected chi connectivity index (χ2v) is 7.52. The molecule has 0 aliphatic carbocycles. The normalized spacial score (nSPS) is 11.4. The number of benzene rings is 5. The van der Waals surface area contributed by atoms with Crippen LogP contribution in [0.5, 0.6) is 17.2 Å². The molecule has 0 radical (unpaired) electrons. The molecule has 5 aromatic carbocycles. The first-order chi connectivity index (χ1) is 15.7. The minimum atomic E-state index is 0.0362. The van der Waals surface area contributed by atoms with E-state index in [1.54, 1.807) is 30.5 Å². The number of hydrogen-bond donors (Lipinski definition) is 2. The Kier molecular flexibility index (Phi) is 4.96. The van der Waals surface area contributed by atoms with Crippen LogP contribution in [0.15, 0.2) is 96.0 Å². The molecule has 0 fully saturated rings. The second kappa shape index (κ2) is 8.08. The largest absolute Gasteiger partial charge is 0.507 e. The summed E-state index contributed by atoms with van der Waals surface area (Å²) in [5, 5.41) is 25.4. The molecule has 5 rings (SSSR count). The third kappa shape index (κ3) is 3.32. The molecule has 0 heterocycles. The van der Waals surface area contributed by atoms with Gasteiger partial charge in [-0.1, -0.05) is 66.7 Å². The van der Waals surface area contributed by atoms with Crippen molar-refractivity contribution in [2.75, 3.05) is 7.11 Å². The summed E-state index contributed by atoms with van der Waals surface area (Å²) in [6.07, 6.45) is 1.62. The number of nitrogens with zero attached hydrogens (tertiary/aromatic N) is 1. The molecule has 0 saturated heterocycles. The van der Waals surface area contributed by atoms with E-state index in [9.17, 15) is 10.2 Å². The quantitative estimate of drug-likeness (QED) is 0.314. The average Bonchev–Trinajstić information content (AvgIpc) is 2.83. The topological polar surface area (TPSA) is 62.0 Å². The van der Waals surface area contributed by atoms with Gasteiger partial charge in [-0.3, -0.25) is 4.99 Å². The highest BCUT2D eigenvalue weighted by molar-refractivity contribution is 6.11. The number of hydrogen-bond acceptors (Lipinski definition) is 4. The van der Waals surface area contributed by atoms with Crippen LogP contribution in [-0.4, -0.2) is 23.5 Å². The van der Waals surface area contributed by atoms with E-state index in [1.807, 2.05) is 66.7 Å². The van der Waals surface area contributed by atoms with Crippen molar-refractivity contribution in [1.29, 1.82) is 0 Å². The van der Waals surface area contributed by atoms with Gasteiger partial charge in [0.15, 0.2) is 11.5 Å². The fourth-order valence-corrected chi connectivity index (χ4v) is 4.10. The van der Waals surface area contributed by atoms with E-state index in [0.717, 1.165) is 32.7 Å². The zero-order valence-electron chi connectivity index (χ0n) is 17.5. The Hall–Kier alpha value is -4.31. The molecule has 156 valence electrons. The van der Waals surface area contributed by atoms with Crippen molar-refractivity contribution in [3.8, 4) is 28.4 Å². The summed E-state index contributed by atoms with van der Waals surface area (Å²) in [5.41, 5.74) is 2.82. The van der Waals surface area contributed by atoms with Gasteiger partial charge in [0.2, 0.25) is 0 Å². The molecule has 0 spiro atoms. The number of rotatable bonds is 4. The summed E-state index contributed by atoms with van der Waals surface area (Å²) in [6, 6.07) is 28.9. The van der Waals surface area contributed by atoms with Crippen LogP contribution in [0.3, 0.4) is 0 Å². The Morgan fingerprint density at radius 2 is 1.34 bits per heavy atom. The molecule has 0 atom stereocenters. The lowest BCUT2D eigenvalue weighted by atomic mass is 9.92. The lowest BCUT2D eigenvalue weighted by Gasteiger charge is -2.15. The molecule has 0 saturated carbocycles. The number of methoxy groups -OCH3 is 1. The molecule has 0 bridgehead atoms. The fourth-order valence-electron chi connectivity index (χ4n) is 4.10. The van der Waals surface area contributed by atoms with Crippen LogP contribution in [0, 0.1) is 0 Å². The number of ether oxygens (including phenoxy) is 1. The number of aliphatic imine (C=N–C) groups is 1. The zero-order chi connectivity index (χ0) is 22.1. The van der Waals surface area contributed by atoms with E-state index in [2.05, 4.69) is 0 Å². The van der Waals surface area contributed by atoms with Gasteiger partial charge in [-0.15, -0.1) is 0 Å². The predicted molar refractivity (Wildman–Crippen MR) is 130 cm³/mol. The van der Waals surface area contributed by atoms with Crippen LogP contribution >= 0.6 is 0 Å². The van der Waals surface area contributed by atoms with Crippen molar-refractivity contribution in [3.63, 3.8) is 0 Å². The lowest BCUT2D eigenvalue weighted by Crippen LogP contribution is -1.89. The maximum absolute atomic E-state index is 10.9. The molecule has 0 amide bonds. The van der Waals surface area contributed by atoms with Crippen LogP contribution < -0.4 is 4.74 Å². The molecule has 0 aliphatic rings. The van der Waals surface area contributed by atoms with Crippen LogP contribution in [0.25, 0.3) is 32.7 Å². The van der Waals surface area contributed by atoms with Crippen LogP contribution in [0.2, 0.25) is 0 Å². The Labute approximate surface area is 185 Å². The third-order valence-electron chi connectivity index (χ3n) is 5.66. The highest BCUT2D eigenvalue weighted by Gasteiger charge is 2.16. The monoisotopic (exact) mass is 419 g/mol. The standard InChI is InChI=1S/C28H21NO3/c1-32-25-12-6-9-20(28(25)31)17-29-23-15-13-18-7-2-4-10-21(18)26(23)27-22-11-5-3-8-19(22)14-16-24(27)30/h2-17,30-31H,1H3. The fraction of sp³-hybridized carbons (Fsp3) is 0.0357. The predicted octanol–water partition coefficient (Wildman–Crippen LogP) is 6.83. The first-order valence-corrected chi connectivity index (χ1v) is 10.3. The number of phenolic OH excluding ortho intramolecular Hbond substituents is 2. The highest BCUT2D eigenvalue weighted by Crippen LogP contribution is 2.45. The Morgan fingerprint density at radius 1 is 0.688 bits per heavy atom. The molecule has 5 aromatic rings. The summed E-state index contributed by atoms with van der Waals surface area (Å²) in [4.78, 5) is 4.74. The lowest BCUT2D eigenvalue weighted by molar-refractivity contribution is 0.373. The van der Waals surface area contributed by atoms with Gasteiger partial charge in [0.05, 0.1) is 12.8 Å². The zero-order valence-corrected chi connectivity index (χ0v) is 17.5. The number of phenols is 2. The Bertz CT molecular complexity index is 1490. The van der Waals surface area contributed by atoms with Crippen LogP contribution in [0.4, 0.5) is 5.69 Å². The number of aromatic hydroxyl groups is 2. The highest BCUT2D eigenvalue weighted by atomic mass is 16.5. The molecular weight excluding hydrogens is 398 g/mol. The van der Waals surface area contributed by atoms with Crippen molar-refractivity contribution in [1.82, 2.24) is 0 Å². The van der Waals surface area contributed by atoms with E-state index in [-0.39, 0.29) is 11.5 Å². The smallest absolute Gasteiger partial charge is 0.166 e. The van der Waals surface area contributed by atoms with Crippen molar-refractivity contribution < 1.29 is 14.9 Å². The molecular formula is C28H21NO3. The van der Waals surface area contributed by atoms with E-state index in [0.29, 0.717) is 17.0 Å². The maximum atomic E-state index is 10.9. The first-order valence-electron chi connectivity index (χ1n) is 10.3. The van der Waals surface area contributed by atoms with E-state index in [1.165, 1.54) is 7.11 Å². The summed E-state index contributed by atoms with van der Waals surface area (Å²) in [5.74, 6) is 0.620. The molecule has 2 N–H and O–H groups in total. The summed E-state index contributed by atoms with van der Waals surface area (Å²) in [6.45, 7) is 0. The van der Waals surface area contributed by atoms with Crippen molar-refractivity contribution in [3.05, 3.63) is 96.6 Å². The Balaban J connectivity index is 1.79. The van der Waals surface area contributed by atoms with Gasteiger partial charge in [0, 0.05) is 22.9 Å². The van der Waals surface area contributed by atoms with E-state index in [4.69, 9.17) is 9.73 Å². The number of fused-ring (bicyclic) bond motifs is 2. The van der Waals surface area contributed by atoms with Gasteiger partial charge < -0.3 is 14.9 Å². The second-order valence-electron chi connectivity index (χ2n) is 7.52. The van der Waals surface area contributed by atoms with Crippen molar-refractivity contribution in [2.24, 2.45) is 4.99 Å². The van der Waals surface area contributed by atoms with E-state index >= 15 is 0 Å². The molecule has 0 unspecified atom stereocenters. The van der Waals surface area contributed by atoms with Gasteiger partial charge in [0.1, 0.15) is 5.75 Å². The van der Waals surface area contributed by atoms with E-state index < -0.39 is 0 Å². The summed E-state index contributed by atoms with van der Waals surface area (Å²) in [7, 11) is 1.51. The minimum absolute atomic E-state index is 0.0362. The van der Waals surface area contributed by atoms with Crippen LogP contribution in [0.1, 0.15) is 5.56 Å². The SMILES string of the molecule is COc1cccc(C=Nc2ccc3ccccc3c2-c2c(O)ccc3ccccc23)c1O.